The van der Waals surface area contributed by atoms with E-state index in [1.54, 1.807) is 18.2 Å². The number of rotatable bonds is 7. The van der Waals surface area contributed by atoms with Gasteiger partial charge in [-0.15, -0.1) is 0 Å². The lowest BCUT2D eigenvalue weighted by atomic mass is 10.2. The first-order valence-electron chi connectivity index (χ1n) is 5.97. The third-order valence-electron chi connectivity index (χ3n) is 2.49. The zero-order valence-electron chi connectivity index (χ0n) is 10.7. The van der Waals surface area contributed by atoms with Gasteiger partial charge in [-0.3, -0.25) is 9.59 Å². The molecule has 0 aromatic heterocycles. The molecule has 0 radical (unpaired) electrons. The van der Waals surface area contributed by atoms with Crippen LogP contribution in [0.1, 0.15) is 18.4 Å². The number of aliphatic carboxylic acids is 1. The van der Waals surface area contributed by atoms with Crippen molar-refractivity contribution in [3.05, 3.63) is 28.8 Å². The van der Waals surface area contributed by atoms with Gasteiger partial charge in [0, 0.05) is 17.1 Å². The van der Waals surface area contributed by atoms with Crippen molar-refractivity contribution in [3.63, 3.8) is 0 Å². The number of nitrogens with one attached hydrogen (secondary N) is 2. The minimum atomic E-state index is -0.831. The number of carboxylic acids is 1. The molecular weight excluding hydrogens is 268 g/mol. The number of halogens is 1. The van der Waals surface area contributed by atoms with Crippen LogP contribution in [0.2, 0.25) is 5.02 Å². The second kappa shape index (κ2) is 7.76. The first-order valence-corrected chi connectivity index (χ1v) is 6.35. The van der Waals surface area contributed by atoms with Crippen LogP contribution < -0.4 is 10.6 Å². The molecule has 1 amide bonds. The van der Waals surface area contributed by atoms with Crippen LogP contribution in [0.5, 0.6) is 0 Å². The van der Waals surface area contributed by atoms with E-state index in [4.69, 9.17) is 16.7 Å². The molecule has 5 nitrogen and oxygen atoms in total. The second-order valence-corrected chi connectivity index (χ2v) is 4.62. The summed E-state index contributed by atoms with van der Waals surface area (Å²) in [7, 11) is 0. The van der Waals surface area contributed by atoms with Crippen LogP contribution in [0.25, 0.3) is 0 Å². The highest BCUT2D eigenvalue weighted by Crippen LogP contribution is 2.19. The Morgan fingerprint density at radius 3 is 2.74 bits per heavy atom. The minimum absolute atomic E-state index is 0.102. The molecule has 0 heterocycles. The maximum Gasteiger partial charge on any atom is 0.303 e. The lowest BCUT2D eigenvalue weighted by molar-refractivity contribution is -0.137. The lowest BCUT2D eigenvalue weighted by Crippen LogP contribution is -2.29. The fourth-order valence-electron chi connectivity index (χ4n) is 1.53. The Bertz CT molecular complexity index is 463. The van der Waals surface area contributed by atoms with Gasteiger partial charge < -0.3 is 15.7 Å². The Kier molecular flexibility index (Phi) is 6.32. The Morgan fingerprint density at radius 2 is 2.11 bits per heavy atom. The molecule has 0 atom stereocenters. The third-order valence-corrected chi connectivity index (χ3v) is 2.73. The monoisotopic (exact) mass is 284 g/mol. The average molecular weight is 285 g/mol. The SMILES string of the molecule is Cc1cc(Cl)ccc1NC(=O)CNCCCC(=O)O. The van der Waals surface area contributed by atoms with E-state index in [0.29, 0.717) is 18.0 Å². The van der Waals surface area contributed by atoms with Gasteiger partial charge in [0.25, 0.3) is 0 Å². The topological polar surface area (TPSA) is 78.4 Å². The predicted octanol–water partition coefficient (Wildman–Crippen LogP) is 2.04. The zero-order valence-corrected chi connectivity index (χ0v) is 11.5. The number of carbonyl (C=O) groups is 2. The third kappa shape index (κ3) is 6.22. The van der Waals surface area contributed by atoms with Crippen molar-refractivity contribution in [3.8, 4) is 0 Å². The molecule has 0 unspecified atom stereocenters. The molecule has 1 aromatic carbocycles. The van der Waals surface area contributed by atoms with Crippen LogP contribution in [0.4, 0.5) is 5.69 Å². The number of anilines is 1. The molecule has 0 fully saturated rings. The van der Waals surface area contributed by atoms with Crippen molar-refractivity contribution in [1.29, 1.82) is 0 Å². The molecular formula is C13H17ClN2O3. The maximum atomic E-state index is 11.6. The van der Waals surface area contributed by atoms with Crippen LogP contribution in [0.3, 0.4) is 0 Å². The summed E-state index contributed by atoms with van der Waals surface area (Å²) in [5.41, 5.74) is 1.62. The summed E-state index contributed by atoms with van der Waals surface area (Å²) in [4.78, 5) is 21.9. The molecule has 6 heteroatoms. The summed E-state index contributed by atoms with van der Waals surface area (Å²) in [6.07, 6.45) is 0.605. The van der Waals surface area contributed by atoms with Crippen LogP contribution in [-0.2, 0) is 9.59 Å². The van der Waals surface area contributed by atoms with E-state index in [9.17, 15) is 9.59 Å². The molecule has 0 spiro atoms. The van der Waals surface area contributed by atoms with E-state index in [-0.39, 0.29) is 18.9 Å². The van der Waals surface area contributed by atoms with Gasteiger partial charge in [-0.05, 0) is 43.7 Å². The molecule has 104 valence electrons. The quantitative estimate of drug-likeness (QED) is 0.670. The largest absolute Gasteiger partial charge is 0.481 e. The van der Waals surface area contributed by atoms with E-state index in [2.05, 4.69) is 10.6 Å². The molecule has 0 aliphatic rings. The summed E-state index contributed by atoms with van der Waals surface area (Å²) in [5, 5.41) is 14.7. The van der Waals surface area contributed by atoms with Crippen molar-refractivity contribution in [2.24, 2.45) is 0 Å². The van der Waals surface area contributed by atoms with Gasteiger partial charge in [-0.2, -0.15) is 0 Å². The van der Waals surface area contributed by atoms with Gasteiger partial charge in [0.2, 0.25) is 5.91 Å². The summed E-state index contributed by atoms with van der Waals surface area (Å²) < 4.78 is 0. The van der Waals surface area contributed by atoms with E-state index >= 15 is 0 Å². The lowest BCUT2D eigenvalue weighted by Gasteiger charge is -2.09. The highest BCUT2D eigenvalue weighted by molar-refractivity contribution is 6.30. The minimum Gasteiger partial charge on any atom is -0.481 e. The number of aryl methyl sites for hydroxylation is 1. The molecule has 0 saturated carbocycles. The van der Waals surface area contributed by atoms with Gasteiger partial charge >= 0.3 is 5.97 Å². The Labute approximate surface area is 117 Å². The smallest absolute Gasteiger partial charge is 0.303 e. The van der Waals surface area contributed by atoms with Crippen molar-refractivity contribution in [2.45, 2.75) is 19.8 Å². The van der Waals surface area contributed by atoms with Crippen molar-refractivity contribution in [2.75, 3.05) is 18.4 Å². The van der Waals surface area contributed by atoms with E-state index < -0.39 is 5.97 Å². The number of amides is 1. The number of hydrogen-bond donors (Lipinski definition) is 3. The van der Waals surface area contributed by atoms with E-state index in [1.165, 1.54) is 0 Å². The van der Waals surface area contributed by atoms with Gasteiger partial charge in [0.1, 0.15) is 0 Å². The molecule has 1 rings (SSSR count). The summed E-state index contributed by atoms with van der Waals surface area (Å²) >= 11 is 5.82. The molecule has 19 heavy (non-hydrogen) atoms. The summed E-state index contributed by atoms with van der Waals surface area (Å²) in [6.45, 7) is 2.52. The zero-order chi connectivity index (χ0) is 14.3. The van der Waals surface area contributed by atoms with Crippen LogP contribution in [-0.4, -0.2) is 30.1 Å². The van der Waals surface area contributed by atoms with Gasteiger partial charge in [-0.25, -0.2) is 0 Å². The molecule has 3 N–H and O–H groups in total. The van der Waals surface area contributed by atoms with Crippen molar-refractivity contribution >= 4 is 29.2 Å². The molecule has 0 saturated heterocycles. The van der Waals surface area contributed by atoms with Crippen molar-refractivity contribution < 1.29 is 14.7 Å². The molecule has 1 aromatic rings. The van der Waals surface area contributed by atoms with Gasteiger partial charge in [0.05, 0.1) is 6.54 Å². The number of hydrogen-bond acceptors (Lipinski definition) is 3. The van der Waals surface area contributed by atoms with Crippen LogP contribution >= 0.6 is 11.6 Å². The number of benzene rings is 1. The fraction of sp³-hybridized carbons (Fsp3) is 0.385. The maximum absolute atomic E-state index is 11.6. The summed E-state index contributed by atoms with van der Waals surface area (Å²) in [5.74, 6) is -0.996. The molecule has 0 aliphatic heterocycles. The Hall–Kier alpha value is -1.59. The van der Waals surface area contributed by atoms with Gasteiger partial charge in [0.15, 0.2) is 0 Å². The Morgan fingerprint density at radius 1 is 1.37 bits per heavy atom. The van der Waals surface area contributed by atoms with Crippen LogP contribution in [0.15, 0.2) is 18.2 Å². The number of carbonyl (C=O) groups excluding carboxylic acids is 1. The highest BCUT2D eigenvalue weighted by Gasteiger charge is 2.05. The first kappa shape index (κ1) is 15.5. The average Bonchev–Trinajstić information content (AvgIpc) is 2.32. The fourth-order valence-corrected chi connectivity index (χ4v) is 1.75. The summed E-state index contributed by atoms with van der Waals surface area (Å²) in [6, 6.07) is 5.24. The van der Waals surface area contributed by atoms with E-state index in [1.807, 2.05) is 6.92 Å². The predicted molar refractivity (Wildman–Crippen MR) is 74.6 cm³/mol. The first-order chi connectivity index (χ1) is 8.99. The highest BCUT2D eigenvalue weighted by atomic mass is 35.5. The van der Waals surface area contributed by atoms with Gasteiger partial charge in [-0.1, -0.05) is 11.6 Å². The number of carboxylic acid groups (broad SMARTS) is 1. The second-order valence-electron chi connectivity index (χ2n) is 4.18. The normalized spacial score (nSPS) is 10.2. The molecule has 0 aliphatic carbocycles. The van der Waals surface area contributed by atoms with Crippen molar-refractivity contribution in [1.82, 2.24) is 5.32 Å². The molecule has 0 bridgehead atoms. The van der Waals surface area contributed by atoms with E-state index in [0.717, 1.165) is 11.3 Å². The van der Waals surface area contributed by atoms with Crippen LogP contribution in [0, 0.1) is 6.92 Å². The standard InChI is InChI=1S/C13H17ClN2O3/c1-9-7-10(14)4-5-11(9)16-12(17)8-15-6-2-3-13(18)19/h4-5,7,15H,2-3,6,8H2,1H3,(H,16,17)(H,18,19). The Balaban J connectivity index is 2.29.